The van der Waals surface area contributed by atoms with E-state index in [2.05, 4.69) is 4.90 Å². The molecule has 0 spiro atoms. The zero-order valence-corrected chi connectivity index (χ0v) is 9.54. The Morgan fingerprint density at radius 3 is 2.56 bits per heavy atom. The van der Waals surface area contributed by atoms with Gasteiger partial charge in [0.25, 0.3) is 0 Å². The van der Waals surface area contributed by atoms with Crippen molar-refractivity contribution in [1.82, 2.24) is 4.90 Å². The molecule has 16 heavy (non-hydrogen) atoms. The number of rotatable bonds is 7. The van der Waals surface area contributed by atoms with Gasteiger partial charge in [0.1, 0.15) is 0 Å². The Hall–Kier alpha value is -1.17. The molecule has 0 atom stereocenters. The van der Waals surface area contributed by atoms with E-state index in [1.54, 1.807) is 19.5 Å². The molecule has 0 aliphatic heterocycles. The lowest BCUT2D eigenvalue weighted by atomic mass is 10.2. The Morgan fingerprint density at radius 2 is 2.00 bits per heavy atom. The fraction of sp³-hybridized carbons (Fsp3) is 0.545. The number of nitrogens with zero attached hydrogens (tertiary/aromatic N) is 2. The lowest BCUT2D eigenvalue weighted by Gasteiger charge is -2.20. The molecule has 0 bridgehead atoms. The topological polar surface area (TPSA) is 56.8 Å². The van der Waals surface area contributed by atoms with E-state index in [0.717, 1.165) is 23.4 Å². The minimum atomic E-state index is 0.135. The first-order chi connectivity index (χ1) is 7.76. The summed E-state index contributed by atoms with van der Waals surface area (Å²) in [5, 5.41) is 18.0. The van der Waals surface area contributed by atoms with Crippen molar-refractivity contribution in [2.45, 2.75) is 6.54 Å². The summed E-state index contributed by atoms with van der Waals surface area (Å²) in [5.74, 6) is 0. The standard InChI is InChI=1S/C11H19N2O3/c1-16-9-7-12(6-8-14)10-11-2-4-13(15)5-3-11/h2-5,14-15H,6-10H2,1H3/q+1. The van der Waals surface area contributed by atoms with Crippen molar-refractivity contribution in [1.29, 1.82) is 0 Å². The van der Waals surface area contributed by atoms with Crippen LogP contribution in [0.5, 0.6) is 0 Å². The highest BCUT2D eigenvalue weighted by atomic mass is 16.5. The van der Waals surface area contributed by atoms with Crippen LogP contribution < -0.4 is 4.73 Å². The first-order valence-electron chi connectivity index (χ1n) is 5.28. The quantitative estimate of drug-likeness (QED) is 0.494. The monoisotopic (exact) mass is 227 g/mol. The normalized spacial score (nSPS) is 10.9. The van der Waals surface area contributed by atoms with Crippen LogP contribution in [0.3, 0.4) is 0 Å². The van der Waals surface area contributed by atoms with Crippen molar-refractivity contribution in [3.63, 3.8) is 0 Å². The number of methoxy groups -OCH3 is 1. The van der Waals surface area contributed by atoms with Crippen molar-refractivity contribution < 1.29 is 19.8 Å². The molecule has 0 fully saturated rings. The summed E-state index contributed by atoms with van der Waals surface area (Å²) >= 11 is 0. The summed E-state index contributed by atoms with van der Waals surface area (Å²) in [7, 11) is 1.66. The van der Waals surface area contributed by atoms with Gasteiger partial charge in [-0.3, -0.25) is 10.1 Å². The van der Waals surface area contributed by atoms with Crippen LogP contribution in [0.1, 0.15) is 5.56 Å². The summed E-state index contributed by atoms with van der Waals surface area (Å²) in [6.07, 6.45) is 3.17. The predicted molar refractivity (Wildman–Crippen MR) is 58.1 cm³/mol. The predicted octanol–water partition coefficient (Wildman–Crippen LogP) is -0.348. The van der Waals surface area contributed by atoms with Crippen molar-refractivity contribution in [3.05, 3.63) is 30.1 Å². The van der Waals surface area contributed by atoms with Gasteiger partial charge in [0.15, 0.2) is 0 Å². The third-order valence-corrected chi connectivity index (χ3v) is 2.32. The number of pyridine rings is 1. The molecular weight excluding hydrogens is 208 g/mol. The molecule has 1 heterocycles. The zero-order chi connectivity index (χ0) is 11.8. The molecule has 0 radical (unpaired) electrons. The molecule has 1 rings (SSSR count). The number of aliphatic hydroxyl groups is 1. The van der Waals surface area contributed by atoms with E-state index in [1.807, 2.05) is 12.1 Å². The maximum absolute atomic E-state index is 9.08. The van der Waals surface area contributed by atoms with Gasteiger partial charge in [0, 0.05) is 43.6 Å². The zero-order valence-electron chi connectivity index (χ0n) is 9.54. The molecule has 1 aromatic heterocycles. The Balaban J connectivity index is 2.49. The van der Waals surface area contributed by atoms with Crippen LogP contribution in [-0.4, -0.2) is 48.6 Å². The van der Waals surface area contributed by atoms with Crippen LogP contribution in [0.4, 0.5) is 0 Å². The van der Waals surface area contributed by atoms with Gasteiger partial charge >= 0.3 is 0 Å². The number of aromatic nitrogens is 1. The molecule has 2 N–H and O–H groups in total. The van der Waals surface area contributed by atoms with E-state index in [4.69, 9.17) is 15.1 Å². The fourth-order valence-electron chi connectivity index (χ4n) is 1.44. The summed E-state index contributed by atoms with van der Waals surface area (Å²) in [5.41, 5.74) is 1.09. The van der Waals surface area contributed by atoms with Gasteiger partial charge < -0.3 is 9.84 Å². The minimum Gasteiger partial charge on any atom is -0.395 e. The lowest BCUT2D eigenvalue weighted by molar-refractivity contribution is -0.904. The Bertz CT molecular complexity index is 290. The van der Waals surface area contributed by atoms with Gasteiger partial charge in [-0.2, -0.15) is 0 Å². The lowest BCUT2D eigenvalue weighted by Crippen LogP contribution is -2.31. The second-order valence-corrected chi connectivity index (χ2v) is 3.58. The first kappa shape index (κ1) is 12.9. The number of ether oxygens (including phenoxy) is 1. The van der Waals surface area contributed by atoms with Gasteiger partial charge in [-0.05, 0) is 5.56 Å². The van der Waals surface area contributed by atoms with Gasteiger partial charge in [0.05, 0.1) is 13.2 Å². The highest BCUT2D eigenvalue weighted by Crippen LogP contribution is 2.01. The SMILES string of the molecule is COCCN(CCO)Cc1cc[n+](O)cc1. The third-order valence-electron chi connectivity index (χ3n) is 2.32. The molecule has 5 nitrogen and oxygen atoms in total. The molecule has 0 aliphatic carbocycles. The molecule has 0 aliphatic rings. The van der Waals surface area contributed by atoms with Gasteiger partial charge in [0.2, 0.25) is 12.4 Å². The van der Waals surface area contributed by atoms with Crippen LogP contribution in [0.2, 0.25) is 0 Å². The van der Waals surface area contributed by atoms with E-state index in [0.29, 0.717) is 13.2 Å². The van der Waals surface area contributed by atoms with Crippen molar-refractivity contribution >= 4 is 0 Å². The van der Waals surface area contributed by atoms with E-state index in [1.165, 1.54) is 0 Å². The summed E-state index contributed by atoms with van der Waals surface area (Å²) in [6, 6.07) is 3.69. The highest BCUT2D eigenvalue weighted by molar-refractivity contribution is 5.06. The average Bonchev–Trinajstić information content (AvgIpc) is 2.29. The second-order valence-electron chi connectivity index (χ2n) is 3.58. The smallest absolute Gasteiger partial charge is 0.222 e. The third kappa shape index (κ3) is 4.57. The fourth-order valence-corrected chi connectivity index (χ4v) is 1.44. The van der Waals surface area contributed by atoms with E-state index in [-0.39, 0.29) is 6.61 Å². The van der Waals surface area contributed by atoms with Gasteiger partial charge in [-0.25, -0.2) is 0 Å². The number of hydrogen-bond donors (Lipinski definition) is 2. The maximum Gasteiger partial charge on any atom is 0.222 e. The highest BCUT2D eigenvalue weighted by Gasteiger charge is 2.06. The summed E-state index contributed by atoms with van der Waals surface area (Å²) < 4.78 is 6.02. The second kappa shape index (κ2) is 7.16. The molecule has 0 amide bonds. The molecule has 0 aromatic carbocycles. The molecular formula is C11H19N2O3+. The molecule has 0 saturated carbocycles. The van der Waals surface area contributed by atoms with Crippen molar-refractivity contribution in [2.24, 2.45) is 0 Å². The summed E-state index contributed by atoms with van der Waals surface area (Å²) in [4.78, 5) is 2.10. The Labute approximate surface area is 95.5 Å². The van der Waals surface area contributed by atoms with E-state index >= 15 is 0 Å². The average molecular weight is 227 g/mol. The molecule has 90 valence electrons. The Morgan fingerprint density at radius 1 is 1.31 bits per heavy atom. The van der Waals surface area contributed by atoms with Gasteiger partial charge in [-0.1, -0.05) is 0 Å². The van der Waals surface area contributed by atoms with Crippen LogP contribution in [0, 0.1) is 0 Å². The van der Waals surface area contributed by atoms with E-state index < -0.39 is 0 Å². The molecule has 1 aromatic rings. The van der Waals surface area contributed by atoms with Gasteiger partial charge in [-0.15, -0.1) is 0 Å². The molecule has 0 saturated heterocycles. The van der Waals surface area contributed by atoms with Crippen LogP contribution in [-0.2, 0) is 11.3 Å². The van der Waals surface area contributed by atoms with E-state index in [9.17, 15) is 0 Å². The minimum absolute atomic E-state index is 0.135. The summed E-state index contributed by atoms with van der Waals surface area (Å²) in [6.45, 7) is 2.93. The largest absolute Gasteiger partial charge is 0.395 e. The number of aliphatic hydroxyl groups excluding tert-OH is 1. The van der Waals surface area contributed by atoms with Crippen molar-refractivity contribution in [3.8, 4) is 0 Å². The van der Waals surface area contributed by atoms with Crippen LogP contribution in [0.15, 0.2) is 24.5 Å². The van der Waals surface area contributed by atoms with Crippen LogP contribution in [0.25, 0.3) is 0 Å². The van der Waals surface area contributed by atoms with Crippen molar-refractivity contribution in [2.75, 3.05) is 33.4 Å². The maximum atomic E-state index is 9.08. The Kier molecular flexibility index (Phi) is 5.77. The molecule has 0 unspecified atom stereocenters. The number of hydrogen-bond acceptors (Lipinski definition) is 4. The molecule has 5 heteroatoms. The first-order valence-corrected chi connectivity index (χ1v) is 5.28. The van der Waals surface area contributed by atoms with Crippen LogP contribution >= 0.6 is 0 Å².